The first-order valence-corrected chi connectivity index (χ1v) is 3.97. The van der Waals surface area contributed by atoms with Gasteiger partial charge in [-0.15, -0.1) is 0 Å². The van der Waals surface area contributed by atoms with Crippen molar-refractivity contribution in [3.8, 4) is 0 Å². The number of nitrogens with one attached hydrogen (secondary N) is 2. The van der Waals surface area contributed by atoms with Crippen LogP contribution in [0.2, 0.25) is 0 Å². The summed E-state index contributed by atoms with van der Waals surface area (Å²) >= 11 is 0. The zero-order chi connectivity index (χ0) is 9.10. The molecule has 1 aliphatic rings. The molecule has 1 aromatic rings. The summed E-state index contributed by atoms with van der Waals surface area (Å²) in [6, 6.07) is 7.97. The maximum Gasteiger partial charge on any atom is 0.160 e. The predicted molar refractivity (Wildman–Crippen MR) is 52.5 cm³/mol. The minimum atomic E-state index is 0.612. The van der Waals surface area contributed by atoms with Gasteiger partial charge >= 0.3 is 0 Å². The smallest absolute Gasteiger partial charge is 0.160 e. The van der Waals surface area contributed by atoms with E-state index < -0.39 is 0 Å². The molecule has 0 aromatic heterocycles. The third kappa shape index (κ3) is 1.52. The molecule has 1 aromatic carbocycles. The Morgan fingerprint density at radius 2 is 2.00 bits per heavy atom. The van der Waals surface area contributed by atoms with Gasteiger partial charge in [-0.1, -0.05) is 24.3 Å². The highest BCUT2D eigenvalue weighted by Crippen LogP contribution is 1.78. The summed E-state index contributed by atoms with van der Waals surface area (Å²) < 4.78 is 0. The van der Waals surface area contributed by atoms with Crippen molar-refractivity contribution in [2.75, 3.05) is 0 Å². The van der Waals surface area contributed by atoms with Crippen molar-refractivity contribution in [2.45, 2.75) is 0 Å². The number of hydrogen-bond donors (Lipinski definition) is 3. The third-order valence-electron chi connectivity index (χ3n) is 1.84. The van der Waals surface area contributed by atoms with Gasteiger partial charge in [0.2, 0.25) is 0 Å². The lowest BCUT2D eigenvalue weighted by atomic mass is 10.2. The van der Waals surface area contributed by atoms with Crippen molar-refractivity contribution < 1.29 is 0 Å². The monoisotopic (exact) mass is 174 g/mol. The molecule has 4 nitrogen and oxygen atoms in total. The van der Waals surface area contributed by atoms with Crippen LogP contribution in [0.4, 0.5) is 0 Å². The molecule has 66 valence electrons. The number of hydrogen-bond acceptors (Lipinski definition) is 4. The molecule has 0 spiro atoms. The van der Waals surface area contributed by atoms with E-state index in [9.17, 15) is 0 Å². The van der Waals surface area contributed by atoms with E-state index in [0.29, 0.717) is 5.84 Å². The van der Waals surface area contributed by atoms with Crippen molar-refractivity contribution in [2.24, 2.45) is 10.9 Å². The Hall–Kier alpha value is -1.81. The summed E-state index contributed by atoms with van der Waals surface area (Å²) in [5, 5.41) is 6.16. The molecular formula is C9H10N4. The van der Waals surface area contributed by atoms with Gasteiger partial charge in [0.05, 0.1) is 0 Å². The van der Waals surface area contributed by atoms with E-state index in [0.717, 1.165) is 10.4 Å². The molecule has 2 rings (SSSR count). The number of hydrazine groups is 1. The SMILES string of the molecule is NNC1=NNC=c2ccccc2=C1. The zero-order valence-corrected chi connectivity index (χ0v) is 6.99. The maximum absolute atomic E-state index is 5.26. The Kier molecular flexibility index (Phi) is 1.97. The molecule has 0 unspecified atom stereocenters. The summed E-state index contributed by atoms with van der Waals surface area (Å²) in [5.74, 6) is 5.88. The van der Waals surface area contributed by atoms with Gasteiger partial charge < -0.3 is 5.43 Å². The molecule has 0 saturated carbocycles. The zero-order valence-electron chi connectivity index (χ0n) is 6.99. The van der Waals surface area contributed by atoms with Crippen molar-refractivity contribution in [3.63, 3.8) is 0 Å². The molecule has 1 aliphatic heterocycles. The molecule has 0 amide bonds. The van der Waals surface area contributed by atoms with Crippen LogP contribution in [0.3, 0.4) is 0 Å². The van der Waals surface area contributed by atoms with E-state index in [1.54, 1.807) is 0 Å². The summed E-state index contributed by atoms with van der Waals surface area (Å²) in [7, 11) is 0. The highest BCUT2D eigenvalue weighted by atomic mass is 15.4. The van der Waals surface area contributed by atoms with E-state index in [1.165, 1.54) is 0 Å². The molecule has 0 bridgehead atoms. The average molecular weight is 174 g/mol. The van der Waals surface area contributed by atoms with Crippen molar-refractivity contribution in [1.82, 2.24) is 10.9 Å². The van der Waals surface area contributed by atoms with Gasteiger partial charge in [0.1, 0.15) is 0 Å². The standard InChI is InChI=1S/C9H10N4/c10-12-9-5-7-3-1-2-4-8(7)6-11-13-9/h1-6,11H,10H2,(H,12,13). The molecule has 1 heterocycles. The lowest BCUT2D eigenvalue weighted by molar-refractivity contribution is 0.962. The minimum absolute atomic E-state index is 0.612. The largest absolute Gasteiger partial charge is 0.307 e. The van der Waals surface area contributed by atoms with Crippen LogP contribution < -0.4 is 27.1 Å². The average Bonchev–Trinajstić information content (AvgIpc) is 2.38. The highest BCUT2D eigenvalue weighted by Gasteiger charge is 1.93. The fourth-order valence-corrected chi connectivity index (χ4v) is 1.20. The molecular weight excluding hydrogens is 164 g/mol. The van der Waals surface area contributed by atoms with Gasteiger partial charge in [-0.3, -0.25) is 5.43 Å². The second-order valence-corrected chi connectivity index (χ2v) is 2.69. The van der Waals surface area contributed by atoms with Crippen LogP contribution in [0.15, 0.2) is 29.4 Å². The maximum atomic E-state index is 5.26. The van der Waals surface area contributed by atoms with E-state index in [-0.39, 0.29) is 0 Å². The van der Waals surface area contributed by atoms with Crippen molar-refractivity contribution in [1.29, 1.82) is 0 Å². The molecule has 0 fully saturated rings. The Bertz CT molecular complexity index is 447. The quantitative estimate of drug-likeness (QED) is 0.334. The topological polar surface area (TPSA) is 62.4 Å². The second-order valence-electron chi connectivity index (χ2n) is 2.69. The van der Waals surface area contributed by atoms with Crippen LogP contribution in [0.5, 0.6) is 0 Å². The molecule has 0 radical (unpaired) electrons. The van der Waals surface area contributed by atoms with Crippen molar-refractivity contribution in [3.05, 3.63) is 34.7 Å². The lowest BCUT2D eigenvalue weighted by Gasteiger charge is -1.95. The number of fused-ring (bicyclic) bond motifs is 1. The summed E-state index contributed by atoms with van der Waals surface area (Å²) in [6.07, 6.45) is 3.71. The molecule has 0 saturated heterocycles. The van der Waals surface area contributed by atoms with Crippen LogP contribution in [0.25, 0.3) is 12.3 Å². The molecule has 4 N–H and O–H groups in total. The van der Waals surface area contributed by atoms with Gasteiger partial charge in [-0.2, -0.15) is 5.10 Å². The van der Waals surface area contributed by atoms with Gasteiger partial charge in [-0.05, 0) is 16.5 Å². The molecule has 4 heteroatoms. The Morgan fingerprint density at radius 3 is 2.77 bits per heavy atom. The fourth-order valence-electron chi connectivity index (χ4n) is 1.20. The number of amidine groups is 1. The number of rotatable bonds is 0. The summed E-state index contributed by atoms with van der Waals surface area (Å²) in [4.78, 5) is 0. The number of nitrogens with zero attached hydrogens (tertiary/aromatic N) is 1. The van der Waals surface area contributed by atoms with E-state index in [1.807, 2.05) is 36.5 Å². The van der Waals surface area contributed by atoms with Crippen molar-refractivity contribution >= 4 is 18.1 Å². The first-order chi connectivity index (χ1) is 6.40. The van der Waals surface area contributed by atoms with E-state index >= 15 is 0 Å². The first kappa shape index (κ1) is 7.82. The molecule has 13 heavy (non-hydrogen) atoms. The van der Waals surface area contributed by atoms with Crippen LogP contribution in [0.1, 0.15) is 0 Å². The van der Waals surface area contributed by atoms with E-state index in [2.05, 4.69) is 16.0 Å². The third-order valence-corrected chi connectivity index (χ3v) is 1.84. The Labute approximate surface area is 75.4 Å². The first-order valence-electron chi connectivity index (χ1n) is 3.97. The van der Waals surface area contributed by atoms with Crippen LogP contribution >= 0.6 is 0 Å². The summed E-state index contributed by atoms with van der Waals surface area (Å²) in [5.41, 5.74) is 5.29. The molecule has 0 atom stereocenters. The normalized spacial score (nSPS) is 13.8. The molecule has 0 aliphatic carbocycles. The van der Waals surface area contributed by atoms with Crippen LogP contribution in [-0.2, 0) is 0 Å². The van der Waals surface area contributed by atoms with Gasteiger partial charge in [0.15, 0.2) is 5.84 Å². The highest BCUT2D eigenvalue weighted by molar-refractivity contribution is 6.08. The number of benzene rings is 1. The second kappa shape index (κ2) is 3.28. The number of hydrazone groups is 1. The fraction of sp³-hybridized carbons (Fsp3) is 0. The van der Waals surface area contributed by atoms with Gasteiger partial charge in [0, 0.05) is 6.20 Å². The van der Waals surface area contributed by atoms with Crippen LogP contribution in [-0.4, -0.2) is 5.84 Å². The van der Waals surface area contributed by atoms with Gasteiger partial charge in [-0.25, -0.2) is 5.84 Å². The Morgan fingerprint density at radius 1 is 1.23 bits per heavy atom. The summed E-state index contributed by atoms with van der Waals surface area (Å²) in [6.45, 7) is 0. The lowest BCUT2D eigenvalue weighted by Crippen LogP contribution is -2.32. The Balaban J connectivity index is 2.64. The predicted octanol–water partition coefficient (Wildman–Crippen LogP) is -1.41. The minimum Gasteiger partial charge on any atom is -0.307 e. The van der Waals surface area contributed by atoms with E-state index in [4.69, 9.17) is 5.84 Å². The van der Waals surface area contributed by atoms with Crippen LogP contribution in [0, 0.1) is 0 Å². The number of nitrogens with two attached hydrogens (primary N) is 1. The van der Waals surface area contributed by atoms with Gasteiger partial charge in [0.25, 0.3) is 0 Å².